The van der Waals surface area contributed by atoms with E-state index >= 15 is 0 Å². The molecule has 72 valence electrons. The van der Waals surface area contributed by atoms with Crippen LogP contribution < -0.4 is 0 Å². The lowest BCUT2D eigenvalue weighted by molar-refractivity contribution is -0.116. The van der Waals surface area contributed by atoms with Crippen LogP contribution in [0.25, 0.3) is 0 Å². The molecule has 0 bridgehead atoms. The van der Waals surface area contributed by atoms with Gasteiger partial charge < -0.3 is 0 Å². The van der Waals surface area contributed by atoms with Gasteiger partial charge in [0.1, 0.15) is 5.78 Å². The second-order valence-corrected chi connectivity index (χ2v) is 4.98. The SMILES string of the molecule is CC(=O)C(Br)c1cc(I)ccc1C#N. The van der Waals surface area contributed by atoms with Crippen LogP contribution in [0, 0.1) is 14.9 Å². The molecule has 1 unspecified atom stereocenters. The number of nitriles is 1. The quantitative estimate of drug-likeness (QED) is 0.598. The number of alkyl halides is 1. The third-order valence-corrected chi connectivity index (χ3v) is 3.57. The van der Waals surface area contributed by atoms with Crippen LogP contribution >= 0.6 is 38.5 Å². The molecule has 0 aliphatic carbocycles. The van der Waals surface area contributed by atoms with E-state index in [-0.39, 0.29) is 10.6 Å². The van der Waals surface area contributed by atoms with Gasteiger partial charge in [0.25, 0.3) is 0 Å². The highest BCUT2D eigenvalue weighted by molar-refractivity contribution is 14.1. The lowest BCUT2D eigenvalue weighted by atomic mass is 10.0. The smallest absolute Gasteiger partial charge is 0.147 e. The first-order valence-corrected chi connectivity index (χ1v) is 5.89. The minimum absolute atomic E-state index is 0.00324. The maximum absolute atomic E-state index is 11.2. The number of carbonyl (C=O) groups excluding carboxylic acids is 1. The first kappa shape index (κ1) is 11.7. The zero-order valence-corrected chi connectivity index (χ0v) is 11.2. The van der Waals surface area contributed by atoms with Crippen LogP contribution in [0.3, 0.4) is 0 Å². The van der Waals surface area contributed by atoms with E-state index in [2.05, 4.69) is 44.6 Å². The highest BCUT2D eigenvalue weighted by Gasteiger charge is 2.16. The summed E-state index contributed by atoms with van der Waals surface area (Å²) in [5, 5.41) is 8.86. The fourth-order valence-electron chi connectivity index (χ4n) is 1.06. The van der Waals surface area contributed by atoms with Crippen LogP contribution in [0.15, 0.2) is 18.2 Å². The molecule has 0 aliphatic heterocycles. The lowest BCUT2D eigenvalue weighted by Crippen LogP contribution is -2.03. The van der Waals surface area contributed by atoms with Gasteiger partial charge in [-0.25, -0.2) is 0 Å². The largest absolute Gasteiger partial charge is 0.298 e. The Balaban J connectivity index is 3.25. The summed E-state index contributed by atoms with van der Waals surface area (Å²) in [5.41, 5.74) is 1.29. The standard InChI is InChI=1S/C10H7BrINO/c1-6(14)10(11)9-4-8(12)3-2-7(9)5-13/h2-4,10H,1H3. The third-order valence-electron chi connectivity index (χ3n) is 1.76. The number of ketones is 1. The van der Waals surface area contributed by atoms with Crippen LogP contribution in [-0.2, 0) is 4.79 Å². The van der Waals surface area contributed by atoms with Crippen LogP contribution in [0.4, 0.5) is 0 Å². The molecule has 1 atom stereocenters. The second-order valence-electron chi connectivity index (χ2n) is 2.82. The van der Waals surface area contributed by atoms with Crippen molar-refractivity contribution in [2.45, 2.75) is 11.8 Å². The van der Waals surface area contributed by atoms with E-state index < -0.39 is 0 Å². The zero-order valence-electron chi connectivity index (χ0n) is 7.42. The van der Waals surface area contributed by atoms with Gasteiger partial charge in [-0.3, -0.25) is 4.79 Å². The average Bonchev–Trinajstić information content (AvgIpc) is 2.16. The summed E-state index contributed by atoms with van der Waals surface area (Å²) in [7, 11) is 0. The molecule has 14 heavy (non-hydrogen) atoms. The van der Waals surface area contributed by atoms with Crippen molar-refractivity contribution >= 4 is 44.3 Å². The van der Waals surface area contributed by atoms with E-state index in [1.54, 1.807) is 6.07 Å². The number of hydrogen-bond acceptors (Lipinski definition) is 2. The van der Waals surface area contributed by atoms with Gasteiger partial charge in [-0.2, -0.15) is 5.26 Å². The highest BCUT2D eigenvalue weighted by Crippen LogP contribution is 2.27. The van der Waals surface area contributed by atoms with E-state index in [1.807, 2.05) is 12.1 Å². The number of rotatable bonds is 2. The summed E-state index contributed by atoms with van der Waals surface area (Å²) in [6, 6.07) is 7.50. The van der Waals surface area contributed by atoms with Crippen LogP contribution in [0.1, 0.15) is 22.9 Å². The molecular formula is C10H7BrINO. The molecule has 1 rings (SSSR count). The second kappa shape index (κ2) is 4.89. The molecule has 0 aromatic heterocycles. The summed E-state index contributed by atoms with van der Waals surface area (Å²) in [5.74, 6) is 0.00324. The van der Waals surface area contributed by atoms with Gasteiger partial charge in [0, 0.05) is 3.57 Å². The van der Waals surface area contributed by atoms with E-state index in [4.69, 9.17) is 5.26 Å². The predicted molar refractivity (Wildman–Crippen MR) is 66.2 cm³/mol. The third kappa shape index (κ3) is 2.55. The molecule has 1 aromatic rings. The van der Waals surface area contributed by atoms with Crippen molar-refractivity contribution in [2.24, 2.45) is 0 Å². The molecule has 0 radical (unpaired) electrons. The molecule has 4 heteroatoms. The van der Waals surface area contributed by atoms with Crippen molar-refractivity contribution in [1.82, 2.24) is 0 Å². The normalized spacial score (nSPS) is 11.9. The predicted octanol–water partition coefficient (Wildman–Crippen LogP) is 3.19. The molecule has 0 fully saturated rings. The Hall–Kier alpha value is -0.410. The number of hydrogen-bond donors (Lipinski definition) is 0. The Morgan fingerprint density at radius 1 is 1.64 bits per heavy atom. The van der Waals surface area contributed by atoms with Gasteiger partial charge in [0.05, 0.1) is 16.5 Å². The van der Waals surface area contributed by atoms with Crippen LogP contribution in [0.5, 0.6) is 0 Å². The Kier molecular flexibility index (Phi) is 4.08. The summed E-state index contributed by atoms with van der Waals surface area (Å²) in [6.45, 7) is 1.50. The topological polar surface area (TPSA) is 40.9 Å². The molecule has 0 heterocycles. The molecule has 0 amide bonds. The van der Waals surface area contributed by atoms with Crippen LogP contribution in [0.2, 0.25) is 0 Å². The Bertz CT molecular complexity index is 411. The number of halogens is 2. The summed E-state index contributed by atoms with van der Waals surface area (Å²) in [6.07, 6.45) is 0. The number of Topliss-reactive ketones (excluding diaryl/α,β-unsaturated/α-hetero) is 1. The molecular weight excluding hydrogens is 357 g/mol. The van der Waals surface area contributed by atoms with Crippen molar-refractivity contribution in [3.05, 3.63) is 32.9 Å². The highest BCUT2D eigenvalue weighted by atomic mass is 127. The van der Waals surface area contributed by atoms with Crippen molar-refractivity contribution < 1.29 is 4.79 Å². The molecule has 0 saturated heterocycles. The van der Waals surface area contributed by atoms with E-state index in [1.165, 1.54) is 6.92 Å². The zero-order chi connectivity index (χ0) is 10.7. The monoisotopic (exact) mass is 363 g/mol. The minimum Gasteiger partial charge on any atom is -0.298 e. The number of carbonyl (C=O) groups is 1. The fraction of sp³-hybridized carbons (Fsp3) is 0.200. The van der Waals surface area contributed by atoms with E-state index in [9.17, 15) is 4.79 Å². The maximum Gasteiger partial charge on any atom is 0.147 e. The maximum atomic E-state index is 11.2. The Morgan fingerprint density at radius 2 is 2.29 bits per heavy atom. The fourth-order valence-corrected chi connectivity index (χ4v) is 1.96. The lowest BCUT2D eigenvalue weighted by Gasteiger charge is -2.08. The van der Waals surface area contributed by atoms with Gasteiger partial charge in [-0.1, -0.05) is 15.9 Å². The molecule has 2 nitrogen and oxygen atoms in total. The van der Waals surface area contributed by atoms with Gasteiger partial charge >= 0.3 is 0 Å². The Morgan fingerprint density at radius 3 is 2.79 bits per heavy atom. The van der Waals surface area contributed by atoms with Gasteiger partial charge in [-0.05, 0) is 53.3 Å². The summed E-state index contributed by atoms with van der Waals surface area (Å²) >= 11 is 5.43. The number of benzene rings is 1. The molecule has 0 aliphatic rings. The number of nitrogens with zero attached hydrogens (tertiary/aromatic N) is 1. The van der Waals surface area contributed by atoms with Crippen LogP contribution in [-0.4, -0.2) is 5.78 Å². The van der Waals surface area contributed by atoms with E-state index in [0.717, 1.165) is 9.13 Å². The minimum atomic E-state index is -0.383. The first-order chi connectivity index (χ1) is 6.56. The first-order valence-electron chi connectivity index (χ1n) is 3.90. The van der Waals surface area contributed by atoms with Crippen molar-refractivity contribution in [2.75, 3.05) is 0 Å². The summed E-state index contributed by atoms with van der Waals surface area (Å²) in [4.78, 5) is 10.8. The van der Waals surface area contributed by atoms with E-state index in [0.29, 0.717) is 5.56 Å². The molecule has 1 aromatic carbocycles. The van der Waals surface area contributed by atoms with Crippen molar-refractivity contribution in [3.63, 3.8) is 0 Å². The average molecular weight is 364 g/mol. The Labute approximate surface area is 105 Å². The van der Waals surface area contributed by atoms with Crippen molar-refractivity contribution in [3.8, 4) is 6.07 Å². The molecule has 0 saturated carbocycles. The van der Waals surface area contributed by atoms with Gasteiger partial charge in [0.2, 0.25) is 0 Å². The van der Waals surface area contributed by atoms with Gasteiger partial charge in [-0.15, -0.1) is 0 Å². The molecule has 0 spiro atoms. The van der Waals surface area contributed by atoms with Crippen molar-refractivity contribution in [1.29, 1.82) is 5.26 Å². The summed E-state index contributed by atoms with van der Waals surface area (Å²) < 4.78 is 1.02. The molecule has 0 N–H and O–H groups in total. The van der Waals surface area contributed by atoms with Gasteiger partial charge in [0.15, 0.2) is 0 Å².